The lowest BCUT2D eigenvalue weighted by atomic mass is 10.0. The van der Waals surface area contributed by atoms with Gasteiger partial charge in [0.25, 0.3) is 0 Å². The summed E-state index contributed by atoms with van der Waals surface area (Å²) in [6.07, 6.45) is 3.50. The predicted molar refractivity (Wildman–Crippen MR) is 86.3 cm³/mol. The summed E-state index contributed by atoms with van der Waals surface area (Å²) in [5, 5.41) is 11.8. The molecule has 1 aliphatic heterocycles. The molecule has 22 heavy (non-hydrogen) atoms. The van der Waals surface area contributed by atoms with Crippen LogP contribution in [0.2, 0.25) is 0 Å². The number of rotatable bonds is 6. The van der Waals surface area contributed by atoms with Crippen LogP contribution in [0.25, 0.3) is 0 Å². The summed E-state index contributed by atoms with van der Waals surface area (Å²) in [6, 6.07) is -0.640. The van der Waals surface area contributed by atoms with E-state index in [4.69, 9.17) is 0 Å². The van der Waals surface area contributed by atoms with Crippen molar-refractivity contribution in [2.45, 2.75) is 52.0 Å². The van der Waals surface area contributed by atoms with Crippen LogP contribution in [0.3, 0.4) is 0 Å². The van der Waals surface area contributed by atoms with Gasteiger partial charge in [0.15, 0.2) is 0 Å². The van der Waals surface area contributed by atoms with Gasteiger partial charge in [-0.3, -0.25) is 10.1 Å². The zero-order valence-electron chi connectivity index (χ0n) is 12.9. The van der Waals surface area contributed by atoms with Gasteiger partial charge in [-0.15, -0.1) is 10.2 Å². The number of hydrogen-bond acceptors (Lipinski definition) is 6. The number of aromatic nitrogens is 2. The molecule has 1 aliphatic rings. The minimum Gasteiger partial charge on any atom is -0.299 e. The van der Waals surface area contributed by atoms with Crippen LogP contribution >= 0.6 is 11.3 Å². The van der Waals surface area contributed by atoms with Crippen LogP contribution in [0.4, 0.5) is 5.13 Å². The van der Waals surface area contributed by atoms with E-state index in [0.717, 1.165) is 24.3 Å². The second kappa shape index (κ2) is 7.47. The molecule has 1 N–H and O–H groups in total. The molecule has 1 unspecified atom stereocenters. The van der Waals surface area contributed by atoms with Gasteiger partial charge in [-0.25, -0.2) is 8.42 Å². The average Bonchev–Trinajstić information content (AvgIpc) is 2.95. The maximum atomic E-state index is 12.4. The van der Waals surface area contributed by atoms with Crippen LogP contribution in [0.15, 0.2) is 0 Å². The van der Waals surface area contributed by atoms with E-state index in [2.05, 4.69) is 15.5 Å². The fourth-order valence-electron chi connectivity index (χ4n) is 2.51. The van der Waals surface area contributed by atoms with Gasteiger partial charge in [0.2, 0.25) is 21.1 Å². The number of nitrogens with zero attached hydrogens (tertiary/aromatic N) is 3. The van der Waals surface area contributed by atoms with Crippen LogP contribution in [-0.2, 0) is 21.2 Å². The first-order valence-corrected chi connectivity index (χ1v) is 10.0. The van der Waals surface area contributed by atoms with Crippen LogP contribution in [0, 0.1) is 0 Å². The van der Waals surface area contributed by atoms with E-state index < -0.39 is 16.1 Å². The first-order chi connectivity index (χ1) is 10.5. The highest BCUT2D eigenvalue weighted by Crippen LogP contribution is 2.23. The molecule has 1 aromatic rings. The number of hydrogen-bond donors (Lipinski definition) is 1. The summed E-state index contributed by atoms with van der Waals surface area (Å²) in [5.74, 6) is -0.228. The highest BCUT2D eigenvalue weighted by atomic mass is 32.2. The lowest BCUT2D eigenvalue weighted by Gasteiger charge is -2.33. The predicted octanol–water partition coefficient (Wildman–Crippen LogP) is 1.63. The molecule has 1 aromatic heterocycles. The Bertz CT molecular complexity index is 615. The van der Waals surface area contributed by atoms with Gasteiger partial charge in [-0.2, -0.15) is 4.31 Å². The molecule has 0 saturated carbocycles. The van der Waals surface area contributed by atoms with Crippen molar-refractivity contribution >= 4 is 32.4 Å². The van der Waals surface area contributed by atoms with E-state index in [1.165, 1.54) is 15.6 Å². The topological polar surface area (TPSA) is 92.3 Å². The molecule has 1 atom stereocenters. The van der Waals surface area contributed by atoms with Crippen LogP contribution in [0.5, 0.6) is 0 Å². The van der Waals surface area contributed by atoms with Crippen LogP contribution < -0.4 is 5.32 Å². The first-order valence-electron chi connectivity index (χ1n) is 7.60. The summed E-state index contributed by atoms with van der Waals surface area (Å²) in [6.45, 7) is 4.20. The second-order valence-electron chi connectivity index (χ2n) is 5.28. The molecule has 0 bridgehead atoms. The van der Waals surface area contributed by atoms with Gasteiger partial charge in [-0.05, 0) is 25.7 Å². The zero-order chi connectivity index (χ0) is 16.2. The van der Waals surface area contributed by atoms with Crippen molar-refractivity contribution in [2.75, 3.05) is 17.6 Å². The third-order valence-corrected chi connectivity index (χ3v) is 6.63. The normalized spacial score (nSPS) is 20.0. The molecule has 1 amide bonds. The summed E-state index contributed by atoms with van der Waals surface area (Å²) in [7, 11) is -3.38. The van der Waals surface area contributed by atoms with Gasteiger partial charge in [-0.1, -0.05) is 31.6 Å². The summed E-state index contributed by atoms with van der Waals surface area (Å²) in [4.78, 5) is 12.4. The van der Waals surface area contributed by atoms with Crippen molar-refractivity contribution in [1.29, 1.82) is 0 Å². The Labute approximate surface area is 135 Å². The molecular weight excluding hydrogens is 324 g/mol. The summed E-state index contributed by atoms with van der Waals surface area (Å²) < 4.78 is 26.0. The van der Waals surface area contributed by atoms with Crippen molar-refractivity contribution in [3.8, 4) is 0 Å². The number of aryl methyl sites for hydroxylation is 1. The Kier molecular flexibility index (Phi) is 5.87. The molecule has 124 valence electrons. The van der Waals surface area contributed by atoms with E-state index >= 15 is 0 Å². The lowest BCUT2D eigenvalue weighted by molar-refractivity contribution is -0.120. The Morgan fingerprint density at radius 2 is 2.14 bits per heavy atom. The molecule has 2 heterocycles. The smallest absolute Gasteiger partial charge is 0.244 e. The largest absolute Gasteiger partial charge is 0.299 e. The third-order valence-electron chi connectivity index (χ3n) is 3.58. The van der Waals surface area contributed by atoms with Gasteiger partial charge in [0, 0.05) is 6.54 Å². The van der Waals surface area contributed by atoms with Crippen molar-refractivity contribution in [2.24, 2.45) is 0 Å². The molecule has 0 aliphatic carbocycles. The minimum atomic E-state index is -3.38. The van der Waals surface area contributed by atoms with E-state index in [1.807, 2.05) is 13.8 Å². The van der Waals surface area contributed by atoms with E-state index in [9.17, 15) is 13.2 Å². The fourth-order valence-corrected chi connectivity index (χ4v) is 4.94. The Balaban J connectivity index is 2.11. The molecule has 1 saturated heterocycles. The van der Waals surface area contributed by atoms with Crippen molar-refractivity contribution < 1.29 is 13.2 Å². The average molecular weight is 346 g/mol. The quantitative estimate of drug-likeness (QED) is 0.845. The summed E-state index contributed by atoms with van der Waals surface area (Å²) in [5.41, 5.74) is 0. The fraction of sp³-hybridized carbons (Fsp3) is 0.769. The maximum Gasteiger partial charge on any atom is 0.244 e. The van der Waals surface area contributed by atoms with Crippen LogP contribution in [-0.4, -0.2) is 47.2 Å². The van der Waals surface area contributed by atoms with Gasteiger partial charge < -0.3 is 0 Å². The molecular formula is C13H22N4O3S2. The van der Waals surface area contributed by atoms with Crippen LogP contribution in [0.1, 0.15) is 44.5 Å². The molecule has 9 heteroatoms. The van der Waals surface area contributed by atoms with Crippen molar-refractivity contribution in [1.82, 2.24) is 14.5 Å². The second-order valence-corrected chi connectivity index (χ2v) is 8.39. The number of amides is 1. The highest BCUT2D eigenvalue weighted by molar-refractivity contribution is 7.89. The zero-order valence-corrected chi connectivity index (χ0v) is 14.5. The Morgan fingerprint density at radius 3 is 2.77 bits per heavy atom. The monoisotopic (exact) mass is 346 g/mol. The Morgan fingerprint density at radius 1 is 1.36 bits per heavy atom. The molecule has 0 aromatic carbocycles. The standard InChI is InChI=1S/C13H22N4O3S2/c1-3-9-22(19,20)17-8-6-5-7-10(17)12(18)14-13-16-15-11(4-2)21-13/h10H,3-9H2,1-2H3,(H,14,16,18). The SMILES string of the molecule is CCCS(=O)(=O)N1CCCCC1C(=O)Nc1nnc(CC)s1. The summed E-state index contributed by atoms with van der Waals surface area (Å²) >= 11 is 1.32. The third kappa shape index (κ3) is 4.02. The lowest BCUT2D eigenvalue weighted by Crippen LogP contribution is -2.50. The van der Waals surface area contributed by atoms with Crippen molar-refractivity contribution in [3.05, 3.63) is 5.01 Å². The number of nitrogens with one attached hydrogen (secondary N) is 1. The van der Waals surface area contributed by atoms with Gasteiger partial charge in [0.1, 0.15) is 11.0 Å². The molecule has 2 rings (SSSR count). The van der Waals surface area contributed by atoms with Gasteiger partial charge in [0.05, 0.1) is 5.75 Å². The molecule has 0 radical (unpaired) electrons. The molecule has 1 fully saturated rings. The van der Waals surface area contributed by atoms with E-state index in [0.29, 0.717) is 24.5 Å². The van der Waals surface area contributed by atoms with E-state index in [-0.39, 0.29) is 11.7 Å². The van der Waals surface area contributed by atoms with Gasteiger partial charge >= 0.3 is 0 Å². The minimum absolute atomic E-state index is 0.0789. The number of sulfonamides is 1. The first kappa shape index (κ1) is 17.3. The number of carbonyl (C=O) groups is 1. The van der Waals surface area contributed by atoms with Crippen molar-refractivity contribution in [3.63, 3.8) is 0 Å². The molecule has 0 spiro atoms. The maximum absolute atomic E-state index is 12.4. The highest BCUT2D eigenvalue weighted by Gasteiger charge is 2.36. The number of anilines is 1. The molecule has 7 nitrogen and oxygen atoms in total. The van der Waals surface area contributed by atoms with E-state index in [1.54, 1.807) is 0 Å². The number of piperidine rings is 1. The Hall–Kier alpha value is -1.06. The number of carbonyl (C=O) groups excluding carboxylic acids is 1.